The van der Waals surface area contributed by atoms with Gasteiger partial charge < -0.3 is 10.3 Å². The van der Waals surface area contributed by atoms with Crippen molar-refractivity contribution in [2.45, 2.75) is 20.3 Å². The Kier molecular flexibility index (Phi) is 6.49. The van der Waals surface area contributed by atoms with Crippen LogP contribution in [-0.2, 0) is 0 Å². The lowest BCUT2D eigenvalue weighted by molar-refractivity contribution is 0.0951. The highest BCUT2D eigenvalue weighted by molar-refractivity contribution is 6.04. The SMILES string of the molecule is CC(C)CCNC(=O)c1cccc(-c2ccc3nc(NC(=O)c4ccc(F)cc4)[nH]c3c2)c1. The van der Waals surface area contributed by atoms with Gasteiger partial charge in [-0.15, -0.1) is 0 Å². The van der Waals surface area contributed by atoms with Gasteiger partial charge in [-0.2, -0.15) is 0 Å². The van der Waals surface area contributed by atoms with Crippen LogP contribution in [0.25, 0.3) is 22.2 Å². The van der Waals surface area contributed by atoms with E-state index in [1.807, 2.05) is 36.4 Å². The smallest absolute Gasteiger partial charge is 0.257 e. The number of rotatable bonds is 7. The molecule has 2 amide bonds. The number of carbonyl (C=O) groups is 2. The molecule has 7 heteroatoms. The summed E-state index contributed by atoms with van der Waals surface area (Å²) in [5, 5.41) is 5.66. The zero-order chi connectivity index (χ0) is 23.4. The maximum absolute atomic E-state index is 13.1. The molecule has 0 atom stereocenters. The minimum atomic E-state index is -0.403. The number of aromatic amines is 1. The van der Waals surface area contributed by atoms with Gasteiger partial charge in [-0.3, -0.25) is 14.9 Å². The van der Waals surface area contributed by atoms with Crippen LogP contribution in [0, 0.1) is 11.7 Å². The number of nitrogens with one attached hydrogen (secondary N) is 3. The highest BCUT2D eigenvalue weighted by Crippen LogP contribution is 2.25. The molecule has 4 aromatic rings. The van der Waals surface area contributed by atoms with Crippen LogP contribution in [0.3, 0.4) is 0 Å². The van der Waals surface area contributed by atoms with Gasteiger partial charge in [-0.1, -0.05) is 32.0 Å². The second kappa shape index (κ2) is 9.65. The lowest BCUT2D eigenvalue weighted by atomic mass is 10.0. The number of anilines is 1. The average molecular weight is 445 g/mol. The fraction of sp³-hybridized carbons (Fsp3) is 0.192. The predicted molar refractivity (Wildman–Crippen MR) is 128 cm³/mol. The van der Waals surface area contributed by atoms with E-state index in [0.717, 1.165) is 23.1 Å². The second-order valence-electron chi connectivity index (χ2n) is 8.30. The topological polar surface area (TPSA) is 86.9 Å². The summed E-state index contributed by atoms with van der Waals surface area (Å²) in [5.74, 6) is -0.0471. The molecule has 0 aliphatic carbocycles. The number of halogens is 1. The predicted octanol–water partition coefficient (Wildman–Crippen LogP) is 5.40. The van der Waals surface area contributed by atoms with Crippen molar-refractivity contribution < 1.29 is 14.0 Å². The number of nitrogens with zero attached hydrogens (tertiary/aromatic N) is 1. The first-order valence-corrected chi connectivity index (χ1v) is 10.8. The molecule has 0 radical (unpaired) electrons. The summed E-state index contributed by atoms with van der Waals surface area (Å²) < 4.78 is 13.1. The molecule has 0 bridgehead atoms. The van der Waals surface area contributed by atoms with Crippen LogP contribution in [0.5, 0.6) is 0 Å². The van der Waals surface area contributed by atoms with Gasteiger partial charge in [0.25, 0.3) is 11.8 Å². The fourth-order valence-electron chi connectivity index (χ4n) is 3.45. The van der Waals surface area contributed by atoms with Crippen molar-refractivity contribution >= 4 is 28.8 Å². The molecule has 1 heterocycles. The molecule has 0 saturated carbocycles. The number of aromatic nitrogens is 2. The molecule has 0 fully saturated rings. The van der Waals surface area contributed by atoms with E-state index in [1.54, 1.807) is 6.07 Å². The second-order valence-corrected chi connectivity index (χ2v) is 8.30. The van der Waals surface area contributed by atoms with Crippen molar-refractivity contribution in [3.8, 4) is 11.1 Å². The fourth-order valence-corrected chi connectivity index (χ4v) is 3.45. The number of H-pyrrole nitrogens is 1. The number of amides is 2. The van der Waals surface area contributed by atoms with Crippen molar-refractivity contribution in [2.75, 3.05) is 11.9 Å². The average Bonchev–Trinajstić information content (AvgIpc) is 3.20. The maximum Gasteiger partial charge on any atom is 0.257 e. The zero-order valence-electron chi connectivity index (χ0n) is 18.5. The van der Waals surface area contributed by atoms with Gasteiger partial charge >= 0.3 is 0 Å². The lowest BCUT2D eigenvalue weighted by Crippen LogP contribution is -2.25. The minimum absolute atomic E-state index is 0.0917. The van der Waals surface area contributed by atoms with E-state index in [9.17, 15) is 14.0 Å². The van der Waals surface area contributed by atoms with Crippen LogP contribution in [-0.4, -0.2) is 28.3 Å². The highest BCUT2D eigenvalue weighted by atomic mass is 19.1. The number of fused-ring (bicyclic) bond motifs is 1. The molecule has 0 unspecified atom stereocenters. The minimum Gasteiger partial charge on any atom is -0.352 e. The Morgan fingerprint density at radius 1 is 0.939 bits per heavy atom. The van der Waals surface area contributed by atoms with Crippen molar-refractivity contribution in [3.05, 3.63) is 83.7 Å². The first-order valence-electron chi connectivity index (χ1n) is 10.8. The Hall–Kier alpha value is -4.00. The summed E-state index contributed by atoms with van der Waals surface area (Å²) in [7, 11) is 0. The van der Waals surface area contributed by atoms with E-state index in [-0.39, 0.29) is 11.8 Å². The van der Waals surface area contributed by atoms with Crippen molar-refractivity contribution in [2.24, 2.45) is 5.92 Å². The summed E-state index contributed by atoms with van der Waals surface area (Å²) >= 11 is 0. The van der Waals surface area contributed by atoms with Crippen LogP contribution in [0.4, 0.5) is 10.3 Å². The first-order chi connectivity index (χ1) is 15.9. The van der Waals surface area contributed by atoms with Crippen molar-refractivity contribution in [3.63, 3.8) is 0 Å². The zero-order valence-corrected chi connectivity index (χ0v) is 18.5. The maximum atomic E-state index is 13.1. The monoisotopic (exact) mass is 444 g/mol. The molecule has 33 heavy (non-hydrogen) atoms. The van der Waals surface area contributed by atoms with Crippen molar-refractivity contribution in [1.29, 1.82) is 0 Å². The summed E-state index contributed by atoms with van der Waals surface area (Å²) in [6, 6.07) is 18.5. The van der Waals surface area contributed by atoms with Gasteiger partial charge in [0.2, 0.25) is 5.95 Å². The molecule has 6 nitrogen and oxygen atoms in total. The van der Waals surface area contributed by atoms with E-state index in [2.05, 4.69) is 34.4 Å². The van der Waals surface area contributed by atoms with Crippen LogP contribution < -0.4 is 10.6 Å². The largest absolute Gasteiger partial charge is 0.352 e. The Bertz CT molecular complexity index is 1300. The van der Waals surface area contributed by atoms with Crippen LogP contribution >= 0.6 is 0 Å². The molecule has 168 valence electrons. The highest BCUT2D eigenvalue weighted by Gasteiger charge is 2.11. The lowest BCUT2D eigenvalue weighted by Gasteiger charge is -2.09. The third kappa shape index (κ3) is 5.44. The molecular formula is C26H25FN4O2. The molecule has 4 rings (SSSR count). The first kappa shape index (κ1) is 22.2. The van der Waals surface area contributed by atoms with Crippen LogP contribution in [0.1, 0.15) is 41.0 Å². The van der Waals surface area contributed by atoms with Gasteiger partial charge in [0.05, 0.1) is 11.0 Å². The molecule has 0 aliphatic rings. The van der Waals surface area contributed by atoms with Crippen LogP contribution in [0.2, 0.25) is 0 Å². The summed E-state index contributed by atoms with van der Waals surface area (Å²) in [6.45, 7) is 4.89. The Morgan fingerprint density at radius 2 is 1.70 bits per heavy atom. The quantitative estimate of drug-likeness (QED) is 0.357. The third-order valence-electron chi connectivity index (χ3n) is 5.29. The summed E-state index contributed by atoms with van der Waals surface area (Å²) in [5.41, 5.74) is 4.19. The van der Waals surface area contributed by atoms with Crippen molar-refractivity contribution in [1.82, 2.24) is 15.3 Å². The molecule has 3 aromatic carbocycles. The number of imidazole rings is 1. The van der Waals surface area contributed by atoms with Gasteiger partial charge in [0, 0.05) is 17.7 Å². The normalized spacial score (nSPS) is 11.0. The standard InChI is InChI=1S/C26H25FN4O2/c1-16(2)12-13-28-24(32)20-5-3-4-18(14-20)19-8-11-22-23(15-19)30-26(29-22)31-25(33)17-6-9-21(27)10-7-17/h3-11,14-16H,12-13H2,1-2H3,(H,28,32)(H2,29,30,31,33). The third-order valence-corrected chi connectivity index (χ3v) is 5.29. The van der Waals surface area contributed by atoms with Gasteiger partial charge in [0.1, 0.15) is 5.82 Å². The molecule has 0 saturated heterocycles. The van der Waals surface area contributed by atoms with E-state index >= 15 is 0 Å². The Morgan fingerprint density at radius 3 is 2.45 bits per heavy atom. The van der Waals surface area contributed by atoms with Gasteiger partial charge in [0.15, 0.2) is 0 Å². The van der Waals surface area contributed by atoms with Gasteiger partial charge in [-0.05, 0) is 72.0 Å². The van der Waals surface area contributed by atoms with E-state index < -0.39 is 5.82 Å². The Balaban J connectivity index is 1.51. The van der Waals surface area contributed by atoms with Gasteiger partial charge in [-0.25, -0.2) is 9.37 Å². The number of hydrogen-bond acceptors (Lipinski definition) is 3. The molecular weight excluding hydrogens is 419 g/mol. The molecule has 1 aromatic heterocycles. The Labute approximate surface area is 191 Å². The van der Waals surface area contributed by atoms with Crippen LogP contribution in [0.15, 0.2) is 66.7 Å². The molecule has 3 N–H and O–H groups in total. The van der Waals surface area contributed by atoms with E-state index in [4.69, 9.17) is 0 Å². The molecule has 0 aliphatic heterocycles. The summed E-state index contributed by atoms with van der Waals surface area (Å²) in [4.78, 5) is 32.3. The summed E-state index contributed by atoms with van der Waals surface area (Å²) in [6.07, 6.45) is 0.932. The number of hydrogen-bond donors (Lipinski definition) is 3. The van der Waals surface area contributed by atoms with E-state index in [0.29, 0.717) is 35.1 Å². The number of carbonyl (C=O) groups excluding carboxylic acids is 2. The number of benzene rings is 3. The van der Waals surface area contributed by atoms with E-state index in [1.165, 1.54) is 24.3 Å². The molecule has 0 spiro atoms.